The van der Waals surface area contributed by atoms with Crippen LogP contribution < -0.4 is 0 Å². The summed E-state index contributed by atoms with van der Waals surface area (Å²) in [5.41, 5.74) is 0. The Kier molecular flexibility index (Phi) is 6.09. The molecule has 2 atom stereocenters. The molecule has 2 nitrogen and oxygen atoms in total. The molecule has 0 bridgehead atoms. The molecule has 5 heteroatoms. The Balaban J connectivity index is 3.54. The molecule has 0 saturated heterocycles. The number of hydrogen-bond acceptors (Lipinski definition) is 3. The third-order valence-corrected chi connectivity index (χ3v) is 4.94. The fraction of sp³-hybridized carbons (Fsp3) is 1.00. The van der Waals surface area contributed by atoms with Crippen molar-refractivity contribution in [2.45, 2.75) is 10.8 Å². The molecule has 56 valence electrons. The summed E-state index contributed by atoms with van der Waals surface area (Å²) in [6.45, 7) is 1.97. The van der Waals surface area contributed by atoms with E-state index in [1.54, 1.807) is 0 Å². The molecule has 0 aromatic carbocycles. The Morgan fingerprint density at radius 3 is 2.44 bits per heavy atom. The minimum atomic E-state index is -1.68. The predicted molar refractivity (Wildman–Crippen MR) is 46.2 cm³/mol. The third kappa shape index (κ3) is 4.25. The van der Waals surface area contributed by atoms with Crippen molar-refractivity contribution in [3.8, 4) is 0 Å². The monoisotopic (exact) mass is 186 g/mol. The first-order chi connectivity index (χ1) is 4.22. The van der Waals surface area contributed by atoms with Crippen molar-refractivity contribution in [1.29, 1.82) is 0 Å². The van der Waals surface area contributed by atoms with E-state index in [1.807, 2.05) is 13.2 Å². The van der Waals surface area contributed by atoms with Gasteiger partial charge in [-0.05, 0) is 12.0 Å². The molecule has 0 aromatic heterocycles. The Bertz CT molecular complexity index is 95.8. The summed E-state index contributed by atoms with van der Waals surface area (Å²) in [5.74, 6) is 0.887. The molecular weight excluding hydrogens is 176 g/mol. The van der Waals surface area contributed by atoms with Gasteiger partial charge in [-0.25, -0.2) is 4.21 Å². The summed E-state index contributed by atoms with van der Waals surface area (Å²) in [4.78, 5) is 0. The normalized spacial score (nSPS) is 17.2. The molecule has 0 aromatic rings. The van der Waals surface area contributed by atoms with Crippen LogP contribution in [-0.2, 0) is 11.1 Å². The predicted octanol–water partition coefficient (Wildman–Crippen LogP) is 1.61. The van der Waals surface area contributed by atoms with Gasteiger partial charge in [0.25, 0.3) is 0 Å². The largest absolute Gasteiger partial charge is 0.305 e. The fourth-order valence-electron chi connectivity index (χ4n) is 0.345. The molecular formula is C4H10O2S3. The molecule has 0 amide bonds. The molecule has 0 aliphatic rings. The van der Waals surface area contributed by atoms with Crippen LogP contribution in [-0.4, -0.2) is 24.7 Å². The highest BCUT2D eigenvalue weighted by molar-refractivity contribution is 8.27. The lowest BCUT2D eigenvalue weighted by molar-refractivity contribution is 0.568. The standard InChI is InChI=1S/C4H10O2S3/c1-3-8-4(7-2)9(5)6/h4H,3H2,1-2H3,(H,5,6). The fourth-order valence-corrected chi connectivity index (χ4v) is 3.10. The smallest absolute Gasteiger partial charge is 0.176 e. The number of thioether (sulfide) groups is 2. The van der Waals surface area contributed by atoms with Crippen molar-refractivity contribution in [2.24, 2.45) is 0 Å². The maximum atomic E-state index is 10.4. The quantitative estimate of drug-likeness (QED) is 0.534. The zero-order valence-electron chi connectivity index (χ0n) is 5.36. The average molecular weight is 186 g/mol. The van der Waals surface area contributed by atoms with Crippen molar-refractivity contribution in [3.63, 3.8) is 0 Å². The van der Waals surface area contributed by atoms with Gasteiger partial charge < -0.3 is 4.55 Å². The van der Waals surface area contributed by atoms with Gasteiger partial charge in [0.05, 0.1) is 0 Å². The zero-order chi connectivity index (χ0) is 7.28. The lowest BCUT2D eigenvalue weighted by Crippen LogP contribution is -2.04. The molecule has 0 saturated carbocycles. The molecule has 0 aliphatic carbocycles. The molecule has 0 fully saturated rings. The van der Waals surface area contributed by atoms with Crippen molar-refractivity contribution in [2.75, 3.05) is 12.0 Å². The topological polar surface area (TPSA) is 37.3 Å². The number of rotatable bonds is 4. The van der Waals surface area contributed by atoms with Crippen LogP contribution >= 0.6 is 23.5 Å². The van der Waals surface area contributed by atoms with Gasteiger partial charge in [-0.15, -0.1) is 23.5 Å². The highest BCUT2D eigenvalue weighted by Crippen LogP contribution is 2.22. The van der Waals surface area contributed by atoms with E-state index < -0.39 is 11.1 Å². The first-order valence-electron chi connectivity index (χ1n) is 2.46. The second-order valence-corrected chi connectivity index (χ2v) is 5.50. The van der Waals surface area contributed by atoms with E-state index in [9.17, 15) is 4.21 Å². The van der Waals surface area contributed by atoms with Gasteiger partial charge in [0.15, 0.2) is 15.0 Å². The Labute approximate surface area is 66.5 Å². The van der Waals surface area contributed by atoms with Crippen LogP contribution in [0.25, 0.3) is 0 Å². The zero-order valence-corrected chi connectivity index (χ0v) is 7.81. The van der Waals surface area contributed by atoms with Crippen LogP contribution in [0.1, 0.15) is 6.92 Å². The Morgan fingerprint density at radius 1 is 1.78 bits per heavy atom. The Hall–Kier alpha value is 0.810. The molecule has 0 heterocycles. The van der Waals surface area contributed by atoms with Gasteiger partial charge in [-0.1, -0.05) is 6.92 Å². The van der Waals surface area contributed by atoms with Crippen molar-refractivity contribution < 1.29 is 8.76 Å². The van der Waals surface area contributed by atoms with Crippen LogP contribution in [0, 0.1) is 0 Å². The summed E-state index contributed by atoms with van der Waals surface area (Å²) < 4.78 is 18.8. The van der Waals surface area contributed by atoms with Crippen LogP contribution in [0.2, 0.25) is 0 Å². The second kappa shape index (κ2) is 5.58. The van der Waals surface area contributed by atoms with Gasteiger partial charge in [0.2, 0.25) is 0 Å². The van der Waals surface area contributed by atoms with Gasteiger partial charge >= 0.3 is 0 Å². The van der Waals surface area contributed by atoms with E-state index in [2.05, 4.69) is 0 Å². The van der Waals surface area contributed by atoms with E-state index in [-0.39, 0.29) is 3.91 Å². The summed E-state index contributed by atoms with van der Waals surface area (Å²) in [6, 6.07) is 0. The van der Waals surface area contributed by atoms with Crippen molar-refractivity contribution in [3.05, 3.63) is 0 Å². The summed E-state index contributed by atoms with van der Waals surface area (Å²) in [5, 5.41) is 0. The molecule has 0 spiro atoms. The summed E-state index contributed by atoms with van der Waals surface area (Å²) >= 11 is 1.24. The van der Waals surface area contributed by atoms with Crippen LogP contribution in [0.3, 0.4) is 0 Å². The van der Waals surface area contributed by atoms with Crippen molar-refractivity contribution >= 4 is 34.6 Å². The highest BCUT2D eigenvalue weighted by Gasteiger charge is 2.11. The highest BCUT2D eigenvalue weighted by atomic mass is 32.3. The lowest BCUT2D eigenvalue weighted by Gasteiger charge is -2.05. The first kappa shape index (κ1) is 9.81. The van der Waals surface area contributed by atoms with Crippen molar-refractivity contribution in [1.82, 2.24) is 0 Å². The summed E-state index contributed by atoms with van der Waals surface area (Å²) in [7, 11) is 0. The second-order valence-electron chi connectivity index (χ2n) is 1.26. The summed E-state index contributed by atoms with van der Waals surface area (Å²) in [6.07, 6.45) is 1.83. The van der Waals surface area contributed by atoms with Crippen LogP contribution in [0.15, 0.2) is 0 Å². The van der Waals surface area contributed by atoms with Gasteiger partial charge in [-0.2, -0.15) is 0 Å². The average Bonchev–Trinajstić information content (AvgIpc) is 1.82. The van der Waals surface area contributed by atoms with Crippen LogP contribution in [0.5, 0.6) is 0 Å². The molecule has 2 unspecified atom stereocenters. The molecule has 0 rings (SSSR count). The first-order valence-corrected chi connectivity index (χ1v) is 5.97. The Morgan fingerprint density at radius 2 is 2.33 bits per heavy atom. The van der Waals surface area contributed by atoms with Crippen LogP contribution in [0.4, 0.5) is 0 Å². The molecule has 0 radical (unpaired) electrons. The van der Waals surface area contributed by atoms with E-state index in [0.717, 1.165) is 5.75 Å². The van der Waals surface area contributed by atoms with E-state index in [4.69, 9.17) is 4.55 Å². The van der Waals surface area contributed by atoms with Gasteiger partial charge in [0.1, 0.15) is 0 Å². The molecule has 0 aliphatic heterocycles. The maximum absolute atomic E-state index is 10.4. The number of hydrogen-bond donors (Lipinski definition) is 1. The van der Waals surface area contributed by atoms with Gasteiger partial charge in [0, 0.05) is 0 Å². The van der Waals surface area contributed by atoms with E-state index >= 15 is 0 Å². The SMILES string of the molecule is CCSC(SC)S(=O)O. The molecule has 9 heavy (non-hydrogen) atoms. The minimum Gasteiger partial charge on any atom is -0.305 e. The van der Waals surface area contributed by atoms with E-state index in [0.29, 0.717) is 0 Å². The van der Waals surface area contributed by atoms with E-state index in [1.165, 1.54) is 23.5 Å². The molecule has 1 N–H and O–H groups in total. The minimum absolute atomic E-state index is 0.171. The third-order valence-electron chi connectivity index (χ3n) is 0.660. The van der Waals surface area contributed by atoms with Gasteiger partial charge in [-0.3, -0.25) is 0 Å². The lowest BCUT2D eigenvalue weighted by atomic mass is 11.0. The maximum Gasteiger partial charge on any atom is 0.176 e.